The fourth-order valence-electron chi connectivity index (χ4n) is 2.67. The largest absolute Gasteiger partial charge is 0.461 e. The summed E-state index contributed by atoms with van der Waals surface area (Å²) in [6.45, 7) is 4.64. The second-order valence-electron chi connectivity index (χ2n) is 5.94. The number of rotatable bonds is 7. The molecule has 1 aliphatic heterocycles. The molecular weight excluding hydrogens is 320 g/mol. The van der Waals surface area contributed by atoms with Crippen LogP contribution in [0.2, 0.25) is 0 Å². The van der Waals surface area contributed by atoms with Crippen molar-refractivity contribution in [2.45, 2.75) is 44.4 Å². The Labute approximate surface area is 148 Å². The molecule has 1 aromatic rings. The molecule has 5 heteroatoms. The van der Waals surface area contributed by atoms with Gasteiger partial charge in [0.05, 0.1) is 12.3 Å². The van der Waals surface area contributed by atoms with E-state index in [1.54, 1.807) is 0 Å². The first kappa shape index (κ1) is 18.4. The third-order valence-corrected chi connectivity index (χ3v) is 5.50. The average Bonchev–Trinajstić information content (AvgIpc) is 2.93. The molecule has 0 aliphatic carbocycles. The van der Waals surface area contributed by atoms with Gasteiger partial charge in [-0.25, -0.2) is 4.79 Å². The van der Waals surface area contributed by atoms with Crippen LogP contribution in [-0.2, 0) is 9.53 Å². The Balaban J connectivity index is 2.09. The first-order valence-electron chi connectivity index (χ1n) is 8.44. The molecule has 24 heavy (non-hydrogen) atoms. The zero-order chi connectivity index (χ0) is 17.5. The minimum absolute atomic E-state index is 0.0871. The van der Waals surface area contributed by atoms with Crippen molar-refractivity contribution in [1.29, 1.82) is 5.26 Å². The van der Waals surface area contributed by atoms with Crippen molar-refractivity contribution < 1.29 is 9.53 Å². The predicted octanol–water partition coefficient (Wildman–Crippen LogP) is 4.72. The van der Waals surface area contributed by atoms with Crippen molar-refractivity contribution in [2.24, 2.45) is 5.92 Å². The molecule has 0 spiro atoms. The normalized spacial score (nSPS) is 16.3. The monoisotopic (exact) mass is 344 g/mol. The summed E-state index contributed by atoms with van der Waals surface area (Å²) in [7, 11) is 1.87. The van der Waals surface area contributed by atoms with Crippen LogP contribution in [-0.4, -0.2) is 19.6 Å². The maximum Gasteiger partial charge on any atom is 0.351 e. The predicted molar refractivity (Wildman–Crippen MR) is 97.6 cm³/mol. The number of ether oxygens (including phenoxy) is 1. The summed E-state index contributed by atoms with van der Waals surface area (Å²) in [6.07, 6.45) is 4.30. The van der Waals surface area contributed by atoms with Gasteiger partial charge >= 0.3 is 5.97 Å². The fourth-order valence-corrected chi connectivity index (χ4v) is 3.80. The molecule has 0 radical (unpaired) electrons. The summed E-state index contributed by atoms with van der Waals surface area (Å²) in [5.41, 5.74) is 1.09. The Bertz CT molecular complexity index is 664. The quantitative estimate of drug-likeness (QED) is 0.407. The topological polar surface area (TPSA) is 53.3 Å². The minimum Gasteiger partial charge on any atom is -0.461 e. The van der Waals surface area contributed by atoms with Crippen LogP contribution in [0.25, 0.3) is 0 Å². The highest BCUT2D eigenvalue weighted by Crippen LogP contribution is 2.46. The molecule has 1 unspecified atom stereocenters. The molecule has 0 aromatic heterocycles. The molecule has 1 atom stereocenters. The highest BCUT2D eigenvalue weighted by Gasteiger charge is 2.28. The number of para-hydroxylation sites is 1. The summed E-state index contributed by atoms with van der Waals surface area (Å²) in [5.74, 6) is -0.153. The van der Waals surface area contributed by atoms with E-state index >= 15 is 0 Å². The van der Waals surface area contributed by atoms with Crippen molar-refractivity contribution in [3.63, 3.8) is 0 Å². The molecular formula is C19H24N2O2S. The molecule has 0 fully saturated rings. The number of nitrogens with zero attached hydrogens (tertiary/aromatic N) is 2. The van der Waals surface area contributed by atoms with E-state index in [1.807, 2.05) is 42.3 Å². The van der Waals surface area contributed by atoms with Crippen molar-refractivity contribution in [1.82, 2.24) is 0 Å². The van der Waals surface area contributed by atoms with E-state index in [-0.39, 0.29) is 5.57 Å². The fraction of sp³-hybridized carbons (Fsp3) is 0.474. The molecule has 4 nitrogen and oxygen atoms in total. The van der Waals surface area contributed by atoms with Crippen LogP contribution in [0.5, 0.6) is 0 Å². The summed E-state index contributed by atoms with van der Waals surface area (Å²) in [6, 6.07) is 9.90. The third kappa shape index (κ3) is 4.12. The van der Waals surface area contributed by atoms with E-state index in [0.717, 1.165) is 36.3 Å². The number of anilines is 1. The van der Waals surface area contributed by atoms with E-state index in [1.165, 1.54) is 11.8 Å². The van der Waals surface area contributed by atoms with Crippen LogP contribution in [0.4, 0.5) is 5.69 Å². The molecule has 0 N–H and O–H groups in total. The van der Waals surface area contributed by atoms with Crippen LogP contribution in [0, 0.1) is 17.2 Å². The van der Waals surface area contributed by atoms with Gasteiger partial charge in [0, 0.05) is 11.9 Å². The Morgan fingerprint density at radius 3 is 2.75 bits per heavy atom. The lowest BCUT2D eigenvalue weighted by Gasteiger charge is -2.17. The molecule has 128 valence electrons. The number of hydrogen-bond donors (Lipinski definition) is 0. The van der Waals surface area contributed by atoms with Gasteiger partial charge in [0.2, 0.25) is 0 Å². The highest BCUT2D eigenvalue weighted by molar-refractivity contribution is 8.03. The molecule has 2 rings (SSSR count). The number of unbranched alkanes of at least 4 members (excludes halogenated alkanes) is 1. The molecule has 0 amide bonds. The molecule has 1 heterocycles. The van der Waals surface area contributed by atoms with Crippen molar-refractivity contribution in [3.8, 4) is 6.07 Å². The smallest absolute Gasteiger partial charge is 0.351 e. The molecule has 0 bridgehead atoms. The summed E-state index contributed by atoms with van der Waals surface area (Å²) >= 11 is 1.44. The average molecular weight is 344 g/mol. The molecule has 1 aromatic carbocycles. The molecule has 0 saturated heterocycles. The second-order valence-corrected chi connectivity index (χ2v) is 6.97. The van der Waals surface area contributed by atoms with Crippen LogP contribution < -0.4 is 4.90 Å². The zero-order valence-corrected chi connectivity index (χ0v) is 15.4. The lowest BCUT2D eigenvalue weighted by molar-refractivity contribution is -0.140. The van der Waals surface area contributed by atoms with E-state index in [0.29, 0.717) is 17.6 Å². The zero-order valence-electron chi connectivity index (χ0n) is 14.5. The van der Waals surface area contributed by atoms with Gasteiger partial charge in [-0.05, 0) is 24.5 Å². The van der Waals surface area contributed by atoms with Crippen LogP contribution in [0.1, 0.15) is 39.5 Å². The molecule has 1 aliphatic rings. The first-order chi connectivity index (χ1) is 11.6. The van der Waals surface area contributed by atoms with Crippen molar-refractivity contribution in [2.75, 3.05) is 18.6 Å². The minimum atomic E-state index is -0.519. The van der Waals surface area contributed by atoms with Crippen molar-refractivity contribution >= 4 is 23.4 Å². The summed E-state index contributed by atoms with van der Waals surface area (Å²) in [4.78, 5) is 15.3. The van der Waals surface area contributed by atoms with E-state index in [9.17, 15) is 10.1 Å². The third-order valence-electron chi connectivity index (χ3n) is 4.26. The SMILES string of the molecule is CCCCC(CC)COC(=O)/C(C#N)=C1\Sc2ccccc2N1C. The van der Waals surface area contributed by atoms with Crippen LogP contribution in [0.15, 0.2) is 39.8 Å². The maximum atomic E-state index is 12.4. The number of esters is 1. The standard InChI is InChI=1S/C19H24N2O2S/c1-4-6-9-14(5-2)13-23-19(22)15(12-20)18-21(3)16-10-7-8-11-17(16)24-18/h7-8,10-11,14H,4-6,9,13H2,1-3H3/b18-15-. The van der Waals surface area contributed by atoms with Gasteiger partial charge in [-0.15, -0.1) is 0 Å². The van der Waals surface area contributed by atoms with Gasteiger partial charge in [-0.1, -0.05) is 57.0 Å². The van der Waals surface area contributed by atoms with Gasteiger partial charge in [0.1, 0.15) is 11.1 Å². The van der Waals surface area contributed by atoms with Crippen LogP contribution in [0.3, 0.4) is 0 Å². The second kappa shape index (κ2) is 8.79. The number of fused-ring (bicyclic) bond motifs is 1. The Hall–Kier alpha value is -1.93. The van der Waals surface area contributed by atoms with Gasteiger partial charge in [0.25, 0.3) is 0 Å². The number of carbonyl (C=O) groups is 1. The van der Waals surface area contributed by atoms with E-state index in [2.05, 4.69) is 13.8 Å². The summed E-state index contributed by atoms with van der Waals surface area (Å²) < 4.78 is 5.45. The lowest BCUT2D eigenvalue weighted by Crippen LogP contribution is -2.19. The number of carbonyl (C=O) groups excluding carboxylic acids is 1. The summed E-state index contributed by atoms with van der Waals surface area (Å²) in [5, 5.41) is 10.1. The Morgan fingerprint density at radius 2 is 2.12 bits per heavy atom. The Morgan fingerprint density at radius 1 is 1.38 bits per heavy atom. The van der Waals surface area contributed by atoms with Crippen molar-refractivity contribution in [3.05, 3.63) is 34.9 Å². The van der Waals surface area contributed by atoms with Gasteiger partial charge < -0.3 is 9.64 Å². The first-order valence-corrected chi connectivity index (χ1v) is 9.26. The Kier molecular flexibility index (Phi) is 6.74. The van der Waals surface area contributed by atoms with Gasteiger partial charge in [0.15, 0.2) is 5.57 Å². The van der Waals surface area contributed by atoms with Gasteiger partial charge in [-0.3, -0.25) is 0 Å². The highest BCUT2D eigenvalue weighted by atomic mass is 32.2. The lowest BCUT2D eigenvalue weighted by atomic mass is 10.0. The maximum absolute atomic E-state index is 12.4. The van der Waals surface area contributed by atoms with Crippen LogP contribution >= 0.6 is 11.8 Å². The number of hydrogen-bond acceptors (Lipinski definition) is 5. The van der Waals surface area contributed by atoms with Gasteiger partial charge in [-0.2, -0.15) is 5.26 Å². The van der Waals surface area contributed by atoms with E-state index < -0.39 is 5.97 Å². The van der Waals surface area contributed by atoms with E-state index in [4.69, 9.17) is 4.74 Å². The number of thioether (sulfide) groups is 1. The number of nitriles is 1. The molecule has 0 saturated carbocycles. The number of benzene rings is 1.